The van der Waals surface area contributed by atoms with Crippen LogP contribution < -0.4 is 5.73 Å². The molecule has 94 valence electrons. The lowest BCUT2D eigenvalue weighted by molar-refractivity contribution is 0.345. The summed E-state index contributed by atoms with van der Waals surface area (Å²) in [6.45, 7) is 2.86. The molecule has 2 rings (SSSR count). The first-order valence-electron chi connectivity index (χ1n) is 6.66. The Morgan fingerprint density at radius 1 is 1.35 bits per heavy atom. The molecule has 0 saturated heterocycles. The number of nitrogens with two attached hydrogens (primary N) is 1. The highest BCUT2D eigenvalue weighted by Crippen LogP contribution is 2.33. The Labute approximate surface area is 109 Å². The van der Waals surface area contributed by atoms with Gasteiger partial charge in [0.05, 0.1) is 0 Å². The fourth-order valence-electron chi connectivity index (χ4n) is 2.97. The second kappa shape index (κ2) is 5.88. The predicted octanol–water partition coefficient (Wildman–Crippen LogP) is 3.96. The van der Waals surface area contributed by atoms with E-state index < -0.39 is 0 Å². The van der Waals surface area contributed by atoms with E-state index in [9.17, 15) is 0 Å². The molecule has 0 amide bonds. The molecule has 1 nitrogen and oxygen atoms in total. The molecule has 1 unspecified atom stereocenters. The average molecular weight is 252 g/mol. The van der Waals surface area contributed by atoms with Crippen molar-refractivity contribution in [1.82, 2.24) is 0 Å². The lowest BCUT2D eigenvalue weighted by Crippen LogP contribution is -2.24. The normalized spacial score (nSPS) is 18.5. The van der Waals surface area contributed by atoms with Gasteiger partial charge in [-0.05, 0) is 48.9 Å². The maximum atomic E-state index is 6.30. The highest BCUT2D eigenvalue weighted by molar-refractivity contribution is 6.31. The third-order valence-corrected chi connectivity index (χ3v) is 4.41. The zero-order valence-electron chi connectivity index (χ0n) is 10.6. The minimum atomic E-state index is 0.609. The van der Waals surface area contributed by atoms with Gasteiger partial charge in [-0.2, -0.15) is 0 Å². The zero-order valence-corrected chi connectivity index (χ0v) is 11.3. The van der Waals surface area contributed by atoms with Crippen LogP contribution in [-0.2, 0) is 6.42 Å². The molecule has 1 aliphatic carbocycles. The lowest BCUT2D eigenvalue weighted by atomic mass is 9.85. The van der Waals surface area contributed by atoms with Crippen molar-refractivity contribution in [2.45, 2.75) is 39.0 Å². The van der Waals surface area contributed by atoms with Crippen molar-refractivity contribution in [2.24, 2.45) is 17.6 Å². The van der Waals surface area contributed by atoms with Crippen molar-refractivity contribution in [3.8, 4) is 0 Å². The first kappa shape index (κ1) is 12.9. The number of halogens is 1. The Morgan fingerprint density at radius 3 is 2.65 bits per heavy atom. The van der Waals surface area contributed by atoms with Crippen LogP contribution in [0.5, 0.6) is 0 Å². The largest absolute Gasteiger partial charge is 0.330 e. The number of benzene rings is 1. The van der Waals surface area contributed by atoms with Crippen LogP contribution in [0.4, 0.5) is 0 Å². The van der Waals surface area contributed by atoms with Crippen molar-refractivity contribution in [3.63, 3.8) is 0 Å². The molecular formula is C15H22ClN. The molecular weight excluding hydrogens is 230 g/mol. The molecule has 0 aromatic heterocycles. The molecule has 1 aromatic carbocycles. The van der Waals surface area contributed by atoms with Gasteiger partial charge in [-0.25, -0.2) is 0 Å². The van der Waals surface area contributed by atoms with E-state index in [4.69, 9.17) is 17.3 Å². The van der Waals surface area contributed by atoms with Gasteiger partial charge >= 0.3 is 0 Å². The quantitative estimate of drug-likeness (QED) is 0.862. The predicted molar refractivity (Wildman–Crippen MR) is 74.4 cm³/mol. The molecule has 17 heavy (non-hydrogen) atoms. The number of rotatable bonds is 4. The highest BCUT2D eigenvalue weighted by Gasteiger charge is 2.24. The summed E-state index contributed by atoms with van der Waals surface area (Å²) in [5, 5.41) is 0.904. The zero-order chi connectivity index (χ0) is 12.3. The van der Waals surface area contributed by atoms with Crippen molar-refractivity contribution in [2.75, 3.05) is 6.54 Å². The van der Waals surface area contributed by atoms with E-state index in [2.05, 4.69) is 25.1 Å². The van der Waals surface area contributed by atoms with Crippen LogP contribution in [0.1, 0.15) is 36.8 Å². The maximum Gasteiger partial charge on any atom is 0.0440 e. The molecule has 1 aromatic rings. The molecule has 2 heteroatoms. The molecule has 1 saturated carbocycles. The van der Waals surface area contributed by atoms with Gasteiger partial charge in [-0.1, -0.05) is 49.4 Å². The van der Waals surface area contributed by atoms with Gasteiger partial charge in [0.1, 0.15) is 0 Å². The third kappa shape index (κ3) is 3.23. The standard InChI is InChI=1S/C15H22ClN/c1-11-6-7-13(15(16)8-11)9-14(10-17)12-4-2-3-5-12/h6-8,12,14H,2-5,9-10,17H2,1H3. The van der Waals surface area contributed by atoms with E-state index in [-0.39, 0.29) is 0 Å². The summed E-state index contributed by atoms with van der Waals surface area (Å²) in [7, 11) is 0. The lowest BCUT2D eigenvalue weighted by Gasteiger charge is -2.22. The Hall–Kier alpha value is -0.530. The van der Waals surface area contributed by atoms with Gasteiger partial charge in [0.2, 0.25) is 0 Å². The Balaban J connectivity index is 2.06. The summed E-state index contributed by atoms with van der Waals surface area (Å²) in [4.78, 5) is 0. The van der Waals surface area contributed by atoms with Crippen LogP contribution in [-0.4, -0.2) is 6.54 Å². The van der Waals surface area contributed by atoms with Gasteiger partial charge in [-0.15, -0.1) is 0 Å². The van der Waals surface area contributed by atoms with Crippen LogP contribution in [0, 0.1) is 18.8 Å². The fraction of sp³-hybridized carbons (Fsp3) is 0.600. The molecule has 0 spiro atoms. The number of hydrogen-bond donors (Lipinski definition) is 1. The minimum Gasteiger partial charge on any atom is -0.330 e. The van der Waals surface area contributed by atoms with Gasteiger partial charge in [0, 0.05) is 5.02 Å². The van der Waals surface area contributed by atoms with Crippen molar-refractivity contribution in [3.05, 3.63) is 34.3 Å². The van der Waals surface area contributed by atoms with Crippen molar-refractivity contribution < 1.29 is 0 Å². The second-order valence-corrected chi connectivity index (χ2v) is 5.75. The third-order valence-electron chi connectivity index (χ3n) is 4.06. The van der Waals surface area contributed by atoms with Crippen LogP contribution in [0.3, 0.4) is 0 Å². The smallest absolute Gasteiger partial charge is 0.0440 e. The highest BCUT2D eigenvalue weighted by atomic mass is 35.5. The van der Waals surface area contributed by atoms with Gasteiger partial charge < -0.3 is 5.73 Å². The molecule has 1 aliphatic rings. The van der Waals surface area contributed by atoms with Crippen LogP contribution in [0.25, 0.3) is 0 Å². The SMILES string of the molecule is Cc1ccc(CC(CN)C2CCCC2)c(Cl)c1. The maximum absolute atomic E-state index is 6.30. The molecule has 0 heterocycles. The van der Waals surface area contributed by atoms with Gasteiger partial charge in [0.25, 0.3) is 0 Å². The van der Waals surface area contributed by atoms with E-state index >= 15 is 0 Å². The first-order valence-corrected chi connectivity index (χ1v) is 7.03. The Kier molecular flexibility index (Phi) is 4.47. The van der Waals surface area contributed by atoms with Crippen molar-refractivity contribution in [1.29, 1.82) is 0 Å². The van der Waals surface area contributed by atoms with Gasteiger partial charge in [0.15, 0.2) is 0 Å². The summed E-state index contributed by atoms with van der Waals surface area (Å²) in [6, 6.07) is 6.36. The number of aryl methyl sites for hydroxylation is 1. The Bertz CT molecular complexity index is 369. The van der Waals surface area contributed by atoms with Crippen LogP contribution >= 0.6 is 11.6 Å². The van der Waals surface area contributed by atoms with E-state index in [1.165, 1.54) is 36.8 Å². The fourth-order valence-corrected chi connectivity index (χ4v) is 3.28. The van der Waals surface area contributed by atoms with E-state index in [1.54, 1.807) is 0 Å². The molecule has 1 atom stereocenters. The summed E-state index contributed by atoms with van der Waals surface area (Å²) in [6.07, 6.45) is 6.50. The van der Waals surface area contributed by atoms with E-state index in [1.807, 2.05) is 0 Å². The molecule has 0 radical (unpaired) electrons. The van der Waals surface area contributed by atoms with Gasteiger partial charge in [-0.3, -0.25) is 0 Å². The monoisotopic (exact) mass is 251 g/mol. The molecule has 2 N–H and O–H groups in total. The van der Waals surface area contributed by atoms with Crippen LogP contribution in [0.2, 0.25) is 5.02 Å². The molecule has 0 bridgehead atoms. The Morgan fingerprint density at radius 2 is 2.06 bits per heavy atom. The molecule has 1 fully saturated rings. The summed E-state index contributed by atoms with van der Waals surface area (Å²) < 4.78 is 0. The van der Waals surface area contributed by atoms with Crippen molar-refractivity contribution >= 4 is 11.6 Å². The van der Waals surface area contributed by atoms with Crippen LogP contribution in [0.15, 0.2) is 18.2 Å². The first-order chi connectivity index (χ1) is 8.20. The van der Waals surface area contributed by atoms with E-state index in [0.29, 0.717) is 5.92 Å². The molecule has 0 aliphatic heterocycles. The average Bonchev–Trinajstić information content (AvgIpc) is 2.81. The second-order valence-electron chi connectivity index (χ2n) is 5.34. The number of hydrogen-bond acceptors (Lipinski definition) is 1. The summed E-state index contributed by atoms with van der Waals surface area (Å²) in [5.74, 6) is 1.43. The summed E-state index contributed by atoms with van der Waals surface area (Å²) >= 11 is 6.30. The topological polar surface area (TPSA) is 26.0 Å². The minimum absolute atomic E-state index is 0.609. The summed E-state index contributed by atoms with van der Waals surface area (Å²) in [5.41, 5.74) is 8.43. The van der Waals surface area contributed by atoms with E-state index in [0.717, 1.165) is 23.9 Å².